The van der Waals surface area contributed by atoms with Crippen LogP contribution in [0.25, 0.3) is 0 Å². The first-order chi connectivity index (χ1) is 14.3. The summed E-state index contributed by atoms with van der Waals surface area (Å²) in [5, 5.41) is 0.226. The van der Waals surface area contributed by atoms with Crippen LogP contribution in [0.15, 0.2) is 47.4 Å². The molecular weight excluding hydrogens is 424 g/mol. The molecule has 0 atom stereocenters. The van der Waals surface area contributed by atoms with Gasteiger partial charge in [0.25, 0.3) is 5.91 Å². The van der Waals surface area contributed by atoms with Gasteiger partial charge in [0.1, 0.15) is 12.4 Å². The Morgan fingerprint density at radius 2 is 1.83 bits per heavy atom. The van der Waals surface area contributed by atoms with Crippen molar-refractivity contribution in [2.75, 3.05) is 33.3 Å². The third-order valence-electron chi connectivity index (χ3n) is 5.25. The molecule has 2 aromatic rings. The lowest BCUT2D eigenvalue weighted by atomic mass is 10.2. The average Bonchev–Trinajstić information content (AvgIpc) is 2.75. The Balaban J connectivity index is 1.70. The minimum atomic E-state index is -3.64. The lowest BCUT2D eigenvalue weighted by Crippen LogP contribution is -2.36. The van der Waals surface area contributed by atoms with Gasteiger partial charge < -0.3 is 9.64 Å². The molecule has 1 fully saturated rings. The summed E-state index contributed by atoms with van der Waals surface area (Å²) in [6.07, 6.45) is 2.73. The average molecular weight is 451 g/mol. The second-order valence-corrected chi connectivity index (χ2v) is 9.79. The Kier molecular flexibility index (Phi) is 7.39. The Morgan fingerprint density at radius 3 is 2.53 bits per heavy atom. The predicted octanol–water partition coefficient (Wildman–Crippen LogP) is 3.97. The summed E-state index contributed by atoms with van der Waals surface area (Å²) in [5.41, 5.74) is 1.19. The van der Waals surface area contributed by atoms with E-state index >= 15 is 0 Å². The number of carbonyl (C=O) groups excluding carboxylic acids is 1. The Bertz CT molecular complexity index is 1000. The van der Waals surface area contributed by atoms with E-state index in [0.29, 0.717) is 26.2 Å². The van der Waals surface area contributed by atoms with Crippen LogP contribution < -0.4 is 4.74 Å². The summed E-state index contributed by atoms with van der Waals surface area (Å²) in [6, 6.07) is 12.0. The maximum atomic E-state index is 12.9. The van der Waals surface area contributed by atoms with Gasteiger partial charge in [-0.15, -0.1) is 0 Å². The second kappa shape index (κ2) is 9.81. The van der Waals surface area contributed by atoms with Crippen molar-refractivity contribution in [2.45, 2.75) is 31.1 Å². The zero-order valence-corrected chi connectivity index (χ0v) is 18.9. The van der Waals surface area contributed by atoms with Gasteiger partial charge in [-0.1, -0.05) is 36.2 Å². The summed E-state index contributed by atoms with van der Waals surface area (Å²) < 4.78 is 33.1. The molecule has 3 rings (SSSR count). The maximum Gasteiger partial charge on any atom is 0.255 e. The number of halogens is 1. The van der Waals surface area contributed by atoms with Gasteiger partial charge in [0.2, 0.25) is 10.0 Å². The standard InChI is InChI=1S/C22H27ClN2O4S/c1-17-8-4-5-9-21(17)29-15-14-24(2)22(26)19-16-18(10-11-20(19)23)30(27,28)25-12-6-3-7-13-25/h4-5,8-11,16H,3,6-7,12-15H2,1-2H3. The fourth-order valence-electron chi connectivity index (χ4n) is 3.40. The Morgan fingerprint density at radius 1 is 1.13 bits per heavy atom. The number of benzene rings is 2. The number of piperidine rings is 1. The molecule has 0 bridgehead atoms. The van der Waals surface area contributed by atoms with Crippen molar-refractivity contribution in [3.8, 4) is 5.75 Å². The monoisotopic (exact) mass is 450 g/mol. The normalized spacial score (nSPS) is 15.0. The lowest BCUT2D eigenvalue weighted by molar-refractivity contribution is 0.0773. The molecule has 1 amide bonds. The third-order valence-corrected chi connectivity index (χ3v) is 7.47. The molecule has 8 heteroatoms. The number of aryl methyl sites for hydroxylation is 1. The van der Waals surface area contributed by atoms with Crippen LogP contribution in [-0.2, 0) is 10.0 Å². The van der Waals surface area contributed by atoms with E-state index in [-0.39, 0.29) is 21.4 Å². The number of hydrogen-bond donors (Lipinski definition) is 0. The van der Waals surface area contributed by atoms with Crippen LogP contribution >= 0.6 is 11.6 Å². The molecule has 6 nitrogen and oxygen atoms in total. The van der Waals surface area contributed by atoms with Gasteiger partial charge in [-0.25, -0.2) is 8.42 Å². The molecule has 0 radical (unpaired) electrons. The van der Waals surface area contributed by atoms with Crippen molar-refractivity contribution in [1.29, 1.82) is 0 Å². The first-order valence-corrected chi connectivity index (χ1v) is 11.9. The molecule has 0 aromatic heterocycles. The number of hydrogen-bond acceptors (Lipinski definition) is 4. The number of rotatable bonds is 7. The summed E-state index contributed by atoms with van der Waals surface area (Å²) in [4.78, 5) is 14.5. The minimum Gasteiger partial charge on any atom is -0.491 e. The number of carbonyl (C=O) groups is 1. The number of likely N-dealkylation sites (N-methyl/N-ethyl adjacent to an activating group) is 1. The van der Waals surface area contributed by atoms with Gasteiger partial charge in [-0.2, -0.15) is 4.31 Å². The quantitative estimate of drug-likeness (QED) is 0.640. The topological polar surface area (TPSA) is 66.9 Å². The molecule has 2 aromatic carbocycles. The van der Waals surface area contributed by atoms with E-state index in [4.69, 9.17) is 16.3 Å². The molecule has 0 aliphatic carbocycles. The summed E-state index contributed by atoms with van der Waals surface area (Å²) in [5.74, 6) is 0.426. The van der Waals surface area contributed by atoms with Crippen molar-refractivity contribution in [3.05, 3.63) is 58.6 Å². The molecule has 1 aliphatic heterocycles. The first kappa shape index (κ1) is 22.6. The smallest absolute Gasteiger partial charge is 0.255 e. The minimum absolute atomic E-state index is 0.0988. The molecule has 0 saturated carbocycles. The van der Waals surface area contributed by atoms with Crippen LogP contribution in [0, 0.1) is 6.92 Å². The Labute approximate surface area is 183 Å². The van der Waals surface area contributed by atoms with E-state index in [1.54, 1.807) is 7.05 Å². The highest BCUT2D eigenvalue weighted by Gasteiger charge is 2.27. The fraction of sp³-hybridized carbons (Fsp3) is 0.409. The molecule has 1 saturated heterocycles. The lowest BCUT2D eigenvalue weighted by Gasteiger charge is -2.26. The molecule has 0 spiro atoms. The summed E-state index contributed by atoms with van der Waals surface area (Å²) in [7, 11) is -1.99. The van der Waals surface area contributed by atoms with Crippen molar-refractivity contribution in [1.82, 2.24) is 9.21 Å². The van der Waals surface area contributed by atoms with E-state index in [0.717, 1.165) is 30.6 Å². The Hall–Kier alpha value is -2.09. The highest BCUT2D eigenvalue weighted by Crippen LogP contribution is 2.26. The summed E-state index contributed by atoms with van der Waals surface area (Å²) >= 11 is 6.23. The zero-order valence-electron chi connectivity index (χ0n) is 17.3. The predicted molar refractivity (Wildman–Crippen MR) is 118 cm³/mol. The molecule has 0 N–H and O–H groups in total. The van der Waals surface area contributed by atoms with E-state index < -0.39 is 10.0 Å². The largest absolute Gasteiger partial charge is 0.491 e. The van der Waals surface area contributed by atoms with Gasteiger partial charge >= 0.3 is 0 Å². The number of amides is 1. The zero-order chi connectivity index (χ0) is 21.7. The van der Waals surface area contributed by atoms with E-state index in [2.05, 4.69) is 0 Å². The SMILES string of the molecule is Cc1ccccc1OCCN(C)C(=O)c1cc(S(=O)(=O)N2CCCCC2)ccc1Cl. The van der Waals surface area contributed by atoms with Gasteiger partial charge in [-0.3, -0.25) is 4.79 Å². The second-order valence-electron chi connectivity index (χ2n) is 7.45. The van der Waals surface area contributed by atoms with Crippen LogP contribution in [0.3, 0.4) is 0 Å². The molecule has 1 heterocycles. The molecule has 1 aliphatic rings. The van der Waals surface area contributed by atoms with Gasteiger partial charge in [0.05, 0.1) is 22.0 Å². The van der Waals surface area contributed by atoms with Crippen LogP contribution in [0.4, 0.5) is 0 Å². The van der Waals surface area contributed by atoms with Crippen molar-refractivity contribution >= 4 is 27.5 Å². The van der Waals surface area contributed by atoms with Crippen molar-refractivity contribution < 1.29 is 17.9 Å². The fourth-order valence-corrected chi connectivity index (χ4v) is 5.14. The van der Waals surface area contributed by atoms with E-state index in [1.807, 2.05) is 31.2 Å². The number of sulfonamides is 1. The van der Waals surface area contributed by atoms with Gasteiger partial charge in [0.15, 0.2) is 0 Å². The third kappa shape index (κ3) is 5.14. The van der Waals surface area contributed by atoms with Crippen LogP contribution in [0.5, 0.6) is 5.75 Å². The van der Waals surface area contributed by atoms with Crippen molar-refractivity contribution in [3.63, 3.8) is 0 Å². The van der Waals surface area contributed by atoms with Gasteiger partial charge in [-0.05, 0) is 49.6 Å². The highest BCUT2D eigenvalue weighted by atomic mass is 35.5. The number of para-hydroxylation sites is 1. The highest BCUT2D eigenvalue weighted by molar-refractivity contribution is 7.89. The van der Waals surface area contributed by atoms with Gasteiger partial charge in [0, 0.05) is 20.1 Å². The van der Waals surface area contributed by atoms with Crippen LogP contribution in [0.1, 0.15) is 35.2 Å². The number of nitrogens with zero attached hydrogens (tertiary/aromatic N) is 2. The van der Waals surface area contributed by atoms with Crippen LogP contribution in [0.2, 0.25) is 5.02 Å². The van der Waals surface area contributed by atoms with Crippen LogP contribution in [-0.4, -0.2) is 56.8 Å². The summed E-state index contributed by atoms with van der Waals surface area (Å²) in [6.45, 7) is 3.62. The van der Waals surface area contributed by atoms with Crippen molar-refractivity contribution in [2.24, 2.45) is 0 Å². The van der Waals surface area contributed by atoms with E-state index in [1.165, 1.54) is 27.4 Å². The number of ether oxygens (including phenoxy) is 1. The van der Waals surface area contributed by atoms with E-state index in [9.17, 15) is 13.2 Å². The maximum absolute atomic E-state index is 12.9. The molecular formula is C22H27ClN2O4S. The molecule has 0 unspecified atom stereocenters. The molecule has 162 valence electrons. The molecule has 30 heavy (non-hydrogen) atoms. The first-order valence-electron chi connectivity index (χ1n) is 10.0.